The van der Waals surface area contributed by atoms with E-state index in [4.69, 9.17) is 0 Å². The lowest BCUT2D eigenvalue weighted by atomic mass is 10.1. The average molecular weight is 239 g/mol. The van der Waals surface area contributed by atoms with Gasteiger partial charge in [0.1, 0.15) is 0 Å². The van der Waals surface area contributed by atoms with Crippen molar-refractivity contribution in [3.8, 4) is 0 Å². The van der Waals surface area contributed by atoms with Crippen molar-refractivity contribution in [1.82, 2.24) is 0 Å². The van der Waals surface area contributed by atoms with Crippen LogP contribution in [0.4, 0.5) is 10.1 Å². The van der Waals surface area contributed by atoms with E-state index in [-0.39, 0.29) is 12.2 Å². The van der Waals surface area contributed by atoms with E-state index in [0.29, 0.717) is 0 Å². The molecule has 0 saturated carbocycles. The summed E-state index contributed by atoms with van der Waals surface area (Å²) in [4.78, 5) is 20.6. The molecule has 6 heteroatoms. The Morgan fingerprint density at radius 3 is 2.88 bits per heavy atom. The summed E-state index contributed by atoms with van der Waals surface area (Å²) >= 11 is 0. The number of carbonyl (C=O) groups is 1. The molecule has 5 nitrogen and oxygen atoms in total. The van der Waals surface area contributed by atoms with Gasteiger partial charge in [-0.25, -0.2) is 4.79 Å². The van der Waals surface area contributed by atoms with E-state index in [1.165, 1.54) is 12.1 Å². The quantitative estimate of drug-likeness (QED) is 0.350. The summed E-state index contributed by atoms with van der Waals surface area (Å²) in [7, 11) is 0. The second-order valence-corrected chi connectivity index (χ2v) is 3.02. The molecular weight excluding hydrogens is 229 g/mol. The molecule has 0 atom stereocenters. The first-order valence-corrected chi connectivity index (χ1v) is 4.84. The van der Waals surface area contributed by atoms with Gasteiger partial charge in [-0.2, -0.15) is 4.39 Å². The van der Waals surface area contributed by atoms with Crippen LogP contribution in [0.3, 0.4) is 0 Å². The molecule has 0 aliphatic carbocycles. The number of halogens is 1. The maximum atomic E-state index is 13.5. The van der Waals surface area contributed by atoms with Crippen molar-refractivity contribution in [2.24, 2.45) is 0 Å². The first kappa shape index (κ1) is 12.8. The molecular formula is C11H10FNO4. The monoisotopic (exact) mass is 239 g/mol. The van der Waals surface area contributed by atoms with Crippen molar-refractivity contribution in [3.63, 3.8) is 0 Å². The minimum absolute atomic E-state index is 0.0350. The zero-order valence-electron chi connectivity index (χ0n) is 9.05. The Hall–Kier alpha value is -2.24. The number of hydrogen-bond acceptors (Lipinski definition) is 4. The zero-order valence-corrected chi connectivity index (χ0v) is 9.05. The Balaban J connectivity index is 2.96. The third-order valence-corrected chi connectivity index (χ3v) is 1.89. The highest BCUT2D eigenvalue weighted by Crippen LogP contribution is 2.20. The van der Waals surface area contributed by atoms with E-state index >= 15 is 0 Å². The topological polar surface area (TPSA) is 69.4 Å². The van der Waals surface area contributed by atoms with Crippen molar-refractivity contribution in [2.45, 2.75) is 6.92 Å². The molecule has 1 aromatic rings. The molecule has 1 rings (SSSR count). The summed E-state index contributed by atoms with van der Waals surface area (Å²) in [6.45, 7) is 1.85. The number of nitro groups is 1. The van der Waals surface area contributed by atoms with Gasteiger partial charge in [0.05, 0.1) is 11.5 Å². The number of carbonyl (C=O) groups excluding carboxylic acids is 1. The SMILES string of the molecule is CCOC(=O)C=Cc1cccc([N+](=O)[O-])c1F. The highest BCUT2D eigenvalue weighted by atomic mass is 19.1. The predicted octanol–water partition coefficient (Wildman–Crippen LogP) is 2.31. The minimum atomic E-state index is -0.974. The van der Waals surface area contributed by atoms with Gasteiger partial charge >= 0.3 is 11.7 Å². The van der Waals surface area contributed by atoms with E-state index < -0.39 is 22.4 Å². The van der Waals surface area contributed by atoms with Crippen LogP contribution in [0.25, 0.3) is 6.08 Å². The smallest absolute Gasteiger partial charge is 0.330 e. The molecule has 17 heavy (non-hydrogen) atoms. The molecule has 0 aromatic heterocycles. The summed E-state index contributed by atoms with van der Waals surface area (Å²) in [5.74, 6) is -1.60. The molecule has 0 spiro atoms. The normalized spacial score (nSPS) is 10.5. The van der Waals surface area contributed by atoms with Crippen molar-refractivity contribution < 1.29 is 18.8 Å². The molecule has 0 fully saturated rings. The molecule has 1 aromatic carbocycles. The second kappa shape index (κ2) is 5.74. The van der Waals surface area contributed by atoms with Crippen LogP contribution in [0, 0.1) is 15.9 Å². The van der Waals surface area contributed by atoms with Crippen LogP contribution < -0.4 is 0 Å². The van der Waals surface area contributed by atoms with Crippen molar-refractivity contribution in [1.29, 1.82) is 0 Å². The zero-order chi connectivity index (χ0) is 12.8. The molecule has 0 radical (unpaired) electrons. The summed E-state index contributed by atoms with van der Waals surface area (Å²) in [5, 5.41) is 10.5. The molecule has 0 aliphatic rings. The molecule has 0 aliphatic heterocycles. The van der Waals surface area contributed by atoms with Crippen LogP contribution in [0.5, 0.6) is 0 Å². The number of nitrogens with zero attached hydrogens (tertiary/aromatic N) is 1. The Kier molecular flexibility index (Phi) is 4.33. The molecule has 0 bridgehead atoms. The molecule has 0 heterocycles. The van der Waals surface area contributed by atoms with E-state index in [1.54, 1.807) is 6.92 Å². The Morgan fingerprint density at radius 1 is 1.59 bits per heavy atom. The van der Waals surface area contributed by atoms with Crippen LogP contribution in [0.1, 0.15) is 12.5 Å². The maximum Gasteiger partial charge on any atom is 0.330 e. The fourth-order valence-corrected chi connectivity index (χ4v) is 1.16. The van der Waals surface area contributed by atoms with Gasteiger partial charge in [0, 0.05) is 17.7 Å². The van der Waals surface area contributed by atoms with E-state index in [1.807, 2.05) is 0 Å². The van der Waals surface area contributed by atoms with E-state index in [9.17, 15) is 19.3 Å². The standard InChI is InChI=1S/C11H10FNO4/c1-2-17-10(14)7-6-8-4-3-5-9(11(8)12)13(15)16/h3-7H,2H2,1H3. The predicted molar refractivity (Wildman–Crippen MR) is 58.7 cm³/mol. The number of benzene rings is 1. The molecule has 90 valence electrons. The van der Waals surface area contributed by atoms with Gasteiger partial charge in [-0.15, -0.1) is 0 Å². The molecule has 0 unspecified atom stereocenters. The first-order chi connectivity index (χ1) is 8.06. The van der Waals surface area contributed by atoms with Gasteiger partial charge in [0.25, 0.3) is 0 Å². The van der Waals surface area contributed by atoms with Crippen molar-refractivity contribution in [3.05, 3.63) is 45.8 Å². The summed E-state index contributed by atoms with van der Waals surface area (Å²) in [6, 6.07) is 3.72. The van der Waals surface area contributed by atoms with Crippen LogP contribution in [0.15, 0.2) is 24.3 Å². The van der Waals surface area contributed by atoms with Crippen LogP contribution >= 0.6 is 0 Å². The van der Waals surface area contributed by atoms with Gasteiger partial charge in [0.2, 0.25) is 5.82 Å². The fraction of sp³-hybridized carbons (Fsp3) is 0.182. The number of esters is 1. The third kappa shape index (κ3) is 3.37. The summed E-state index contributed by atoms with van der Waals surface area (Å²) < 4.78 is 18.1. The van der Waals surface area contributed by atoms with Gasteiger partial charge in [-0.1, -0.05) is 12.1 Å². The van der Waals surface area contributed by atoms with Gasteiger partial charge in [-0.3, -0.25) is 10.1 Å². The number of nitro benzene ring substituents is 1. The van der Waals surface area contributed by atoms with Gasteiger partial charge in [0.15, 0.2) is 0 Å². The first-order valence-electron chi connectivity index (χ1n) is 4.84. The summed E-state index contributed by atoms with van der Waals surface area (Å²) in [5.41, 5.74) is -0.664. The number of ether oxygens (including phenoxy) is 1. The van der Waals surface area contributed by atoms with Crippen LogP contribution in [-0.2, 0) is 9.53 Å². The Bertz CT molecular complexity index is 471. The molecule has 0 amide bonds. The third-order valence-electron chi connectivity index (χ3n) is 1.89. The lowest BCUT2D eigenvalue weighted by Crippen LogP contribution is -1.99. The Labute approximate surface area is 96.7 Å². The molecule has 0 saturated heterocycles. The summed E-state index contributed by atoms with van der Waals surface area (Å²) in [6.07, 6.45) is 2.16. The lowest BCUT2D eigenvalue weighted by molar-refractivity contribution is -0.387. The molecule has 0 N–H and O–H groups in total. The Morgan fingerprint density at radius 2 is 2.29 bits per heavy atom. The number of rotatable bonds is 4. The van der Waals surface area contributed by atoms with Gasteiger partial charge < -0.3 is 4.74 Å². The van der Waals surface area contributed by atoms with E-state index in [0.717, 1.165) is 18.2 Å². The second-order valence-electron chi connectivity index (χ2n) is 3.02. The maximum absolute atomic E-state index is 13.5. The minimum Gasteiger partial charge on any atom is -0.463 e. The average Bonchev–Trinajstić information content (AvgIpc) is 2.27. The lowest BCUT2D eigenvalue weighted by Gasteiger charge is -1.98. The van der Waals surface area contributed by atoms with Crippen molar-refractivity contribution >= 4 is 17.7 Å². The number of hydrogen-bond donors (Lipinski definition) is 0. The largest absolute Gasteiger partial charge is 0.463 e. The highest BCUT2D eigenvalue weighted by molar-refractivity contribution is 5.87. The van der Waals surface area contributed by atoms with Crippen molar-refractivity contribution in [2.75, 3.05) is 6.61 Å². The fourth-order valence-electron chi connectivity index (χ4n) is 1.16. The van der Waals surface area contributed by atoms with Crippen LogP contribution in [-0.4, -0.2) is 17.5 Å². The van der Waals surface area contributed by atoms with E-state index in [2.05, 4.69) is 4.74 Å². The van der Waals surface area contributed by atoms with Gasteiger partial charge in [-0.05, 0) is 13.0 Å². The highest BCUT2D eigenvalue weighted by Gasteiger charge is 2.15. The van der Waals surface area contributed by atoms with Crippen LogP contribution in [0.2, 0.25) is 0 Å².